The molecule has 0 aromatic carbocycles. The largest absolute Gasteiger partial charge is 0.378 e. The summed E-state index contributed by atoms with van der Waals surface area (Å²) in [5, 5.41) is 0. The molecule has 0 N–H and O–H groups in total. The number of unbranched alkanes of at least 4 members (excludes halogenated alkanes) is 1. The van der Waals surface area contributed by atoms with Gasteiger partial charge in [-0.2, -0.15) is 0 Å². The molecule has 0 saturated heterocycles. The van der Waals surface area contributed by atoms with Crippen LogP contribution in [0.4, 0.5) is 8.78 Å². The van der Waals surface area contributed by atoms with Crippen LogP contribution in [-0.2, 0) is 4.74 Å². The van der Waals surface area contributed by atoms with Gasteiger partial charge in [0, 0.05) is 18.4 Å². The first-order chi connectivity index (χ1) is 17.6. The standard InChI is InChI=1S/C33H54F2O/c1-3-5-23-36-31-21-19-28(20-22-31)26-13-11-25(12-14-26)27-15-17-30(18-16-27)33(35)32(34)29-9-7-24(6-4-2)8-10-29/h4,6,24-31H,3,5,7-23H2,1-2H3/b6-4+,33-32+. The average molecular weight is 505 g/mol. The number of ether oxygens (including phenoxy) is 1. The zero-order valence-electron chi connectivity index (χ0n) is 23.4. The van der Waals surface area contributed by atoms with Gasteiger partial charge in [-0.05, 0) is 146 Å². The summed E-state index contributed by atoms with van der Waals surface area (Å²) in [5.41, 5.74) is 0. The Bertz CT molecular complexity index is 682. The van der Waals surface area contributed by atoms with Crippen molar-refractivity contribution in [3.05, 3.63) is 23.8 Å². The van der Waals surface area contributed by atoms with Crippen LogP contribution in [0, 0.1) is 41.4 Å². The lowest BCUT2D eigenvalue weighted by Crippen LogP contribution is -2.31. The average Bonchev–Trinajstić information content (AvgIpc) is 2.94. The van der Waals surface area contributed by atoms with Crippen molar-refractivity contribution < 1.29 is 13.5 Å². The normalized spacial score (nSPS) is 39.2. The van der Waals surface area contributed by atoms with Gasteiger partial charge < -0.3 is 4.74 Å². The second-order valence-electron chi connectivity index (χ2n) is 12.9. The van der Waals surface area contributed by atoms with Crippen LogP contribution >= 0.6 is 0 Å². The quantitative estimate of drug-likeness (QED) is 0.224. The van der Waals surface area contributed by atoms with Crippen molar-refractivity contribution in [2.45, 2.75) is 136 Å². The molecule has 0 spiro atoms. The van der Waals surface area contributed by atoms with Crippen LogP contribution in [0.2, 0.25) is 0 Å². The highest BCUT2D eigenvalue weighted by Crippen LogP contribution is 2.47. The number of rotatable bonds is 9. The van der Waals surface area contributed by atoms with E-state index in [0.717, 1.165) is 81.6 Å². The van der Waals surface area contributed by atoms with Crippen LogP contribution in [0.5, 0.6) is 0 Å². The van der Waals surface area contributed by atoms with Crippen molar-refractivity contribution in [3.63, 3.8) is 0 Å². The minimum atomic E-state index is -0.386. The second kappa shape index (κ2) is 14.5. The molecule has 0 aliphatic heterocycles. The number of hydrogen-bond acceptors (Lipinski definition) is 1. The Hall–Kier alpha value is -0.700. The third-order valence-corrected chi connectivity index (χ3v) is 10.7. The molecular weight excluding hydrogens is 450 g/mol. The molecule has 0 aromatic heterocycles. The third kappa shape index (κ3) is 7.67. The molecule has 4 aliphatic carbocycles. The summed E-state index contributed by atoms with van der Waals surface area (Å²) < 4.78 is 36.3. The Balaban J connectivity index is 1.15. The van der Waals surface area contributed by atoms with Gasteiger partial charge in [0.25, 0.3) is 0 Å². The van der Waals surface area contributed by atoms with Gasteiger partial charge in [0.1, 0.15) is 11.7 Å². The summed E-state index contributed by atoms with van der Waals surface area (Å²) >= 11 is 0. The summed E-state index contributed by atoms with van der Waals surface area (Å²) in [7, 11) is 0. The Morgan fingerprint density at radius 2 is 1.06 bits per heavy atom. The summed E-state index contributed by atoms with van der Waals surface area (Å²) in [6, 6.07) is 0. The highest BCUT2D eigenvalue weighted by atomic mass is 19.2. The second-order valence-corrected chi connectivity index (χ2v) is 12.9. The molecule has 4 aliphatic rings. The van der Waals surface area contributed by atoms with Crippen LogP contribution in [0.3, 0.4) is 0 Å². The lowest BCUT2D eigenvalue weighted by atomic mass is 9.65. The lowest BCUT2D eigenvalue weighted by Gasteiger charge is -2.41. The number of hydrogen-bond donors (Lipinski definition) is 0. The van der Waals surface area contributed by atoms with Gasteiger partial charge in [-0.1, -0.05) is 25.5 Å². The molecule has 206 valence electrons. The fourth-order valence-electron chi connectivity index (χ4n) is 8.28. The molecule has 1 nitrogen and oxygen atoms in total. The van der Waals surface area contributed by atoms with E-state index in [4.69, 9.17) is 4.74 Å². The summed E-state index contributed by atoms with van der Waals surface area (Å²) in [5.74, 6) is 2.90. The third-order valence-electron chi connectivity index (χ3n) is 10.7. The van der Waals surface area contributed by atoms with Crippen LogP contribution in [0.1, 0.15) is 129 Å². The van der Waals surface area contributed by atoms with E-state index in [9.17, 15) is 0 Å². The van der Waals surface area contributed by atoms with Gasteiger partial charge in [0.15, 0.2) is 0 Å². The van der Waals surface area contributed by atoms with Crippen molar-refractivity contribution >= 4 is 0 Å². The molecule has 0 aromatic rings. The Morgan fingerprint density at radius 1 is 0.639 bits per heavy atom. The summed E-state index contributed by atoms with van der Waals surface area (Å²) in [6.45, 7) is 5.23. The van der Waals surface area contributed by atoms with Gasteiger partial charge in [0.05, 0.1) is 6.10 Å². The highest BCUT2D eigenvalue weighted by molar-refractivity contribution is 5.10. The predicted octanol–water partition coefficient (Wildman–Crippen LogP) is 10.5. The first-order valence-electron chi connectivity index (χ1n) is 15.9. The monoisotopic (exact) mass is 504 g/mol. The smallest absolute Gasteiger partial charge is 0.135 e. The SMILES string of the molecule is C/C=C/C1CCC(/C(F)=C(\F)C2CCC(C3CCC(C4CCC(OCCCC)CC4)CC3)CC2)CC1. The Kier molecular flexibility index (Phi) is 11.4. The van der Waals surface area contributed by atoms with Gasteiger partial charge in [-0.25, -0.2) is 8.78 Å². The van der Waals surface area contributed by atoms with E-state index in [1.165, 1.54) is 64.2 Å². The molecule has 4 rings (SSSR count). The maximum Gasteiger partial charge on any atom is 0.135 e. The van der Waals surface area contributed by atoms with Crippen molar-refractivity contribution in [2.75, 3.05) is 6.61 Å². The molecule has 0 bridgehead atoms. The molecule has 36 heavy (non-hydrogen) atoms. The van der Waals surface area contributed by atoms with Crippen molar-refractivity contribution in [3.8, 4) is 0 Å². The maximum atomic E-state index is 15.1. The van der Waals surface area contributed by atoms with Crippen molar-refractivity contribution in [2.24, 2.45) is 41.4 Å². The number of allylic oxidation sites excluding steroid dienone is 4. The van der Waals surface area contributed by atoms with E-state index < -0.39 is 0 Å². The molecule has 0 atom stereocenters. The molecule has 0 amide bonds. The van der Waals surface area contributed by atoms with E-state index in [1.54, 1.807) is 0 Å². The van der Waals surface area contributed by atoms with Crippen LogP contribution in [0.15, 0.2) is 23.8 Å². The van der Waals surface area contributed by atoms with Gasteiger partial charge in [-0.15, -0.1) is 0 Å². The fraction of sp³-hybridized carbons (Fsp3) is 0.879. The van der Waals surface area contributed by atoms with Gasteiger partial charge >= 0.3 is 0 Å². The topological polar surface area (TPSA) is 9.23 Å². The van der Waals surface area contributed by atoms with E-state index in [0.29, 0.717) is 12.0 Å². The minimum absolute atomic E-state index is 0.152. The minimum Gasteiger partial charge on any atom is -0.378 e. The van der Waals surface area contributed by atoms with E-state index >= 15 is 8.78 Å². The Labute approximate surface area is 220 Å². The molecule has 3 heteroatoms. The van der Waals surface area contributed by atoms with Crippen LogP contribution < -0.4 is 0 Å². The molecule has 4 fully saturated rings. The maximum absolute atomic E-state index is 15.1. The zero-order chi connectivity index (χ0) is 25.3. The fourth-order valence-corrected chi connectivity index (χ4v) is 8.28. The van der Waals surface area contributed by atoms with Crippen LogP contribution in [0.25, 0.3) is 0 Å². The molecular formula is C33H54F2O. The van der Waals surface area contributed by atoms with Crippen molar-refractivity contribution in [1.82, 2.24) is 0 Å². The van der Waals surface area contributed by atoms with Crippen molar-refractivity contribution in [1.29, 1.82) is 0 Å². The molecule has 0 heterocycles. The molecule has 4 saturated carbocycles. The Morgan fingerprint density at radius 3 is 1.50 bits per heavy atom. The van der Waals surface area contributed by atoms with Gasteiger partial charge in [0.2, 0.25) is 0 Å². The highest BCUT2D eigenvalue weighted by Gasteiger charge is 2.36. The zero-order valence-corrected chi connectivity index (χ0v) is 23.4. The first-order valence-corrected chi connectivity index (χ1v) is 15.9. The van der Waals surface area contributed by atoms with Crippen LogP contribution in [-0.4, -0.2) is 12.7 Å². The lowest BCUT2D eigenvalue weighted by molar-refractivity contribution is 0.00431. The first kappa shape index (κ1) is 28.3. The predicted molar refractivity (Wildman–Crippen MR) is 147 cm³/mol. The summed E-state index contributed by atoms with van der Waals surface area (Å²) in [4.78, 5) is 0. The molecule has 0 radical (unpaired) electrons. The molecule has 0 unspecified atom stereocenters. The van der Waals surface area contributed by atoms with E-state index in [2.05, 4.69) is 19.1 Å². The van der Waals surface area contributed by atoms with Gasteiger partial charge in [-0.3, -0.25) is 0 Å². The summed E-state index contributed by atoms with van der Waals surface area (Å²) in [6.07, 6.45) is 25.6. The number of halogens is 2. The van der Waals surface area contributed by atoms with E-state index in [1.807, 2.05) is 6.92 Å². The van der Waals surface area contributed by atoms with E-state index in [-0.39, 0.29) is 23.5 Å².